The average Bonchev–Trinajstić information content (AvgIpc) is 2.35. The normalized spacial score (nSPS) is 10.8. The first-order valence-electron chi connectivity index (χ1n) is 5.94. The molecule has 0 bridgehead atoms. The first-order valence-corrected chi connectivity index (χ1v) is 5.94. The topological polar surface area (TPSA) is 38.5 Å². The molecular weight excluding hydrogens is 200 g/mol. The van der Waals surface area contributed by atoms with Crippen LogP contribution in [0.25, 0.3) is 0 Å². The second kappa shape index (κ2) is 7.25. The molecule has 0 aliphatic rings. The molecule has 2 N–H and O–H groups in total. The minimum atomic E-state index is 0.529. The summed E-state index contributed by atoms with van der Waals surface area (Å²) in [5.41, 5.74) is 6.72. The highest BCUT2D eigenvalue weighted by molar-refractivity contribution is 5.32. The van der Waals surface area contributed by atoms with Crippen LogP contribution < -0.4 is 10.5 Å². The van der Waals surface area contributed by atoms with Gasteiger partial charge in [0.05, 0.1) is 0 Å². The van der Waals surface area contributed by atoms with Gasteiger partial charge in [-0.2, -0.15) is 0 Å². The summed E-state index contributed by atoms with van der Waals surface area (Å²) in [5, 5.41) is 0. The summed E-state index contributed by atoms with van der Waals surface area (Å²) in [6.07, 6.45) is 0. The van der Waals surface area contributed by atoms with Crippen LogP contribution in [0.1, 0.15) is 19.4 Å². The average molecular weight is 222 g/mol. The predicted octanol–water partition coefficient (Wildman–Crippen LogP) is 1.87. The van der Waals surface area contributed by atoms with Crippen LogP contribution in [-0.2, 0) is 6.54 Å². The van der Waals surface area contributed by atoms with Crippen LogP contribution in [0.4, 0.5) is 0 Å². The summed E-state index contributed by atoms with van der Waals surface area (Å²) in [5.74, 6) is 0.914. The molecule has 0 saturated heterocycles. The van der Waals surface area contributed by atoms with Crippen LogP contribution in [-0.4, -0.2) is 31.1 Å². The quantitative estimate of drug-likeness (QED) is 0.765. The van der Waals surface area contributed by atoms with Crippen molar-refractivity contribution in [2.75, 3.05) is 26.2 Å². The highest BCUT2D eigenvalue weighted by atomic mass is 16.5. The highest BCUT2D eigenvalue weighted by Gasteiger charge is 2.02. The summed E-state index contributed by atoms with van der Waals surface area (Å²) in [4.78, 5) is 2.34. The second-order valence-electron chi connectivity index (χ2n) is 3.69. The van der Waals surface area contributed by atoms with E-state index in [4.69, 9.17) is 10.5 Å². The van der Waals surface area contributed by atoms with Crippen molar-refractivity contribution >= 4 is 0 Å². The summed E-state index contributed by atoms with van der Waals surface area (Å²) in [7, 11) is 0. The van der Waals surface area contributed by atoms with Crippen molar-refractivity contribution in [2.24, 2.45) is 5.73 Å². The van der Waals surface area contributed by atoms with E-state index in [-0.39, 0.29) is 0 Å². The number of ether oxygens (including phenoxy) is 1. The van der Waals surface area contributed by atoms with Gasteiger partial charge in [-0.3, -0.25) is 0 Å². The molecule has 1 aromatic carbocycles. The van der Waals surface area contributed by atoms with Crippen molar-refractivity contribution in [3.63, 3.8) is 0 Å². The Labute approximate surface area is 98.2 Å². The molecule has 0 aliphatic heterocycles. The first-order chi connectivity index (χ1) is 7.81. The van der Waals surface area contributed by atoms with Crippen LogP contribution in [0, 0.1) is 0 Å². The molecule has 0 amide bonds. The predicted molar refractivity (Wildman–Crippen MR) is 67.6 cm³/mol. The summed E-state index contributed by atoms with van der Waals surface area (Å²) < 4.78 is 5.74. The molecule has 3 heteroatoms. The number of likely N-dealkylation sites (N-methyl/N-ethyl adjacent to an activating group) is 1. The minimum absolute atomic E-state index is 0.529. The molecule has 0 spiro atoms. The van der Waals surface area contributed by atoms with Crippen LogP contribution in [0.15, 0.2) is 24.3 Å². The monoisotopic (exact) mass is 222 g/mol. The lowest BCUT2D eigenvalue weighted by Gasteiger charge is -2.18. The maximum absolute atomic E-state index is 5.74. The summed E-state index contributed by atoms with van der Waals surface area (Å²) in [6.45, 7) is 8.68. The maximum atomic E-state index is 5.74. The second-order valence-corrected chi connectivity index (χ2v) is 3.69. The van der Waals surface area contributed by atoms with Crippen molar-refractivity contribution in [3.05, 3.63) is 29.8 Å². The Morgan fingerprint density at radius 2 is 1.88 bits per heavy atom. The fraction of sp³-hybridized carbons (Fsp3) is 0.538. The smallest absolute Gasteiger partial charge is 0.123 e. The zero-order chi connectivity index (χ0) is 11.8. The van der Waals surface area contributed by atoms with Crippen LogP contribution in [0.2, 0.25) is 0 Å². The number of hydrogen-bond acceptors (Lipinski definition) is 3. The summed E-state index contributed by atoms with van der Waals surface area (Å²) in [6, 6.07) is 7.95. The van der Waals surface area contributed by atoms with Gasteiger partial charge in [0.25, 0.3) is 0 Å². The van der Waals surface area contributed by atoms with E-state index in [9.17, 15) is 0 Å². The minimum Gasteiger partial charge on any atom is -0.492 e. The van der Waals surface area contributed by atoms with Gasteiger partial charge >= 0.3 is 0 Å². The number of para-hydroxylation sites is 1. The Morgan fingerprint density at radius 3 is 2.50 bits per heavy atom. The third-order valence-electron chi connectivity index (χ3n) is 2.75. The number of hydrogen-bond donors (Lipinski definition) is 1. The van der Waals surface area contributed by atoms with Crippen molar-refractivity contribution in [1.29, 1.82) is 0 Å². The standard InChI is InChI=1S/C13H22N2O/c1-3-15(4-2)9-10-16-13-8-6-5-7-12(13)11-14/h5-8H,3-4,9-11,14H2,1-2H3. The van der Waals surface area contributed by atoms with E-state index in [1.54, 1.807) is 0 Å². The van der Waals surface area contributed by atoms with E-state index in [2.05, 4.69) is 18.7 Å². The number of rotatable bonds is 7. The Balaban J connectivity index is 2.42. The van der Waals surface area contributed by atoms with Crippen LogP contribution >= 0.6 is 0 Å². The summed E-state index contributed by atoms with van der Waals surface area (Å²) >= 11 is 0. The molecule has 0 atom stereocenters. The molecule has 1 aromatic rings. The van der Waals surface area contributed by atoms with Gasteiger partial charge in [-0.15, -0.1) is 0 Å². The largest absolute Gasteiger partial charge is 0.492 e. The Hall–Kier alpha value is -1.06. The Morgan fingerprint density at radius 1 is 1.19 bits per heavy atom. The number of benzene rings is 1. The third-order valence-corrected chi connectivity index (χ3v) is 2.75. The molecule has 3 nitrogen and oxygen atoms in total. The molecule has 90 valence electrons. The SMILES string of the molecule is CCN(CC)CCOc1ccccc1CN. The fourth-order valence-electron chi connectivity index (χ4n) is 1.64. The zero-order valence-electron chi connectivity index (χ0n) is 10.3. The lowest BCUT2D eigenvalue weighted by atomic mass is 10.2. The molecule has 0 radical (unpaired) electrons. The van der Waals surface area contributed by atoms with Gasteiger partial charge in [0.2, 0.25) is 0 Å². The Bertz CT molecular complexity index is 298. The van der Waals surface area contributed by atoms with Gasteiger partial charge in [-0.1, -0.05) is 32.0 Å². The molecule has 0 heterocycles. The highest BCUT2D eigenvalue weighted by Crippen LogP contribution is 2.16. The molecular formula is C13H22N2O. The third kappa shape index (κ3) is 3.83. The van der Waals surface area contributed by atoms with Gasteiger partial charge in [0, 0.05) is 18.7 Å². The van der Waals surface area contributed by atoms with E-state index in [0.717, 1.165) is 37.6 Å². The number of nitrogens with two attached hydrogens (primary N) is 1. The van der Waals surface area contributed by atoms with E-state index < -0.39 is 0 Å². The molecule has 0 saturated carbocycles. The van der Waals surface area contributed by atoms with Gasteiger partial charge in [-0.05, 0) is 19.2 Å². The molecule has 0 aromatic heterocycles. The van der Waals surface area contributed by atoms with Crippen molar-refractivity contribution in [1.82, 2.24) is 4.90 Å². The Kier molecular flexibility index (Phi) is 5.90. The fourth-order valence-corrected chi connectivity index (χ4v) is 1.64. The van der Waals surface area contributed by atoms with Gasteiger partial charge in [0.1, 0.15) is 12.4 Å². The molecule has 0 unspecified atom stereocenters. The van der Waals surface area contributed by atoms with Crippen molar-refractivity contribution in [3.8, 4) is 5.75 Å². The van der Waals surface area contributed by atoms with Gasteiger partial charge in [-0.25, -0.2) is 0 Å². The zero-order valence-corrected chi connectivity index (χ0v) is 10.3. The van der Waals surface area contributed by atoms with E-state index in [1.807, 2.05) is 24.3 Å². The molecule has 16 heavy (non-hydrogen) atoms. The lowest BCUT2D eigenvalue weighted by molar-refractivity contribution is 0.221. The molecule has 1 rings (SSSR count). The van der Waals surface area contributed by atoms with Crippen LogP contribution in [0.5, 0.6) is 5.75 Å². The van der Waals surface area contributed by atoms with Crippen molar-refractivity contribution in [2.45, 2.75) is 20.4 Å². The first kappa shape index (κ1) is 13.0. The number of nitrogens with zero attached hydrogens (tertiary/aromatic N) is 1. The van der Waals surface area contributed by atoms with E-state index in [1.165, 1.54) is 0 Å². The lowest BCUT2D eigenvalue weighted by Crippen LogP contribution is -2.28. The van der Waals surface area contributed by atoms with Gasteiger partial charge < -0.3 is 15.4 Å². The van der Waals surface area contributed by atoms with Crippen molar-refractivity contribution < 1.29 is 4.74 Å². The van der Waals surface area contributed by atoms with E-state index >= 15 is 0 Å². The molecule has 0 aliphatic carbocycles. The van der Waals surface area contributed by atoms with Crippen LogP contribution in [0.3, 0.4) is 0 Å². The maximum Gasteiger partial charge on any atom is 0.123 e. The van der Waals surface area contributed by atoms with E-state index in [0.29, 0.717) is 6.54 Å². The molecule has 0 fully saturated rings. The van der Waals surface area contributed by atoms with Gasteiger partial charge in [0.15, 0.2) is 0 Å².